The van der Waals surface area contributed by atoms with Crippen molar-refractivity contribution in [1.82, 2.24) is 16.4 Å². The van der Waals surface area contributed by atoms with Crippen molar-refractivity contribution in [2.24, 2.45) is 17.3 Å². The van der Waals surface area contributed by atoms with Gasteiger partial charge in [0.2, 0.25) is 6.29 Å². The Morgan fingerprint density at radius 1 is 1.08 bits per heavy atom. The number of halogens is 3. The number of benzene rings is 1. The fraction of sp³-hybridized carbons (Fsp3) is 0.519. The van der Waals surface area contributed by atoms with Gasteiger partial charge in [0.05, 0.1) is 5.41 Å². The van der Waals surface area contributed by atoms with Crippen LogP contribution in [0.3, 0.4) is 0 Å². The standard InChI is InChI=1S/C27H30F3N3O5/c28-27(29,30)38-21-6-3-17(4-7-21)13-19-5-8-22(35)26(14-18-1-2-18,24(19)37-23(36)15-34)20-9-11-25(12-10-20)16-31-33-32-25/h3-8,15,18,20,31-33H,1-2,9-14,16H2. The molecule has 1 saturated heterocycles. The molecule has 3 aliphatic carbocycles. The molecule has 1 aliphatic heterocycles. The number of aldehydes is 1. The average molecular weight is 534 g/mol. The third kappa shape index (κ3) is 5.55. The van der Waals surface area contributed by atoms with E-state index < -0.39 is 17.7 Å². The topological polar surface area (TPSA) is 106 Å². The van der Waals surface area contributed by atoms with Gasteiger partial charge in [-0.1, -0.05) is 31.1 Å². The summed E-state index contributed by atoms with van der Waals surface area (Å²) < 4.78 is 47.3. The quantitative estimate of drug-likeness (QED) is 0.265. The van der Waals surface area contributed by atoms with Gasteiger partial charge in [0, 0.05) is 18.5 Å². The fourth-order valence-corrected chi connectivity index (χ4v) is 6.17. The van der Waals surface area contributed by atoms with Crippen molar-refractivity contribution in [1.29, 1.82) is 0 Å². The average Bonchev–Trinajstić information content (AvgIpc) is 3.59. The number of esters is 1. The van der Waals surface area contributed by atoms with E-state index >= 15 is 0 Å². The lowest BCUT2D eigenvalue weighted by Gasteiger charge is -2.47. The second kappa shape index (κ2) is 10.3. The molecule has 2 saturated carbocycles. The normalized spacial score (nSPS) is 29.6. The van der Waals surface area contributed by atoms with Crippen LogP contribution in [0.1, 0.15) is 50.5 Å². The van der Waals surface area contributed by atoms with Gasteiger partial charge < -0.3 is 9.47 Å². The molecule has 4 aliphatic rings. The second-order valence-electron chi connectivity index (χ2n) is 10.7. The highest BCUT2D eigenvalue weighted by molar-refractivity contribution is 6.21. The predicted octanol–water partition coefficient (Wildman–Crippen LogP) is 3.59. The van der Waals surface area contributed by atoms with Crippen LogP contribution in [0.4, 0.5) is 13.2 Å². The molecule has 0 radical (unpaired) electrons. The van der Waals surface area contributed by atoms with Gasteiger partial charge in [-0.2, -0.15) is 5.53 Å². The summed E-state index contributed by atoms with van der Waals surface area (Å²) in [5.41, 5.74) is 9.38. The number of hydrogen-bond donors (Lipinski definition) is 3. The zero-order valence-corrected chi connectivity index (χ0v) is 20.7. The molecule has 1 atom stereocenters. The lowest BCUT2D eigenvalue weighted by Crippen LogP contribution is -2.52. The third-order valence-corrected chi connectivity index (χ3v) is 8.21. The Bertz CT molecular complexity index is 1140. The maximum atomic E-state index is 13.8. The molecule has 1 unspecified atom stereocenters. The third-order valence-electron chi connectivity index (χ3n) is 8.21. The Hall–Kier alpha value is -3.02. The lowest BCUT2D eigenvalue weighted by molar-refractivity contribution is -0.274. The number of hydrogen-bond acceptors (Lipinski definition) is 8. The van der Waals surface area contributed by atoms with E-state index in [-0.39, 0.29) is 41.5 Å². The highest BCUT2D eigenvalue weighted by atomic mass is 19.4. The van der Waals surface area contributed by atoms with Gasteiger partial charge in [-0.3, -0.25) is 9.59 Å². The van der Waals surface area contributed by atoms with Crippen LogP contribution in [-0.2, 0) is 25.5 Å². The van der Waals surface area contributed by atoms with Crippen molar-refractivity contribution in [3.8, 4) is 5.75 Å². The minimum absolute atomic E-state index is 0.0915. The number of rotatable bonds is 8. The van der Waals surface area contributed by atoms with Gasteiger partial charge in [-0.05, 0) is 73.3 Å². The number of ether oxygens (including phenoxy) is 2. The molecule has 5 rings (SSSR count). The summed E-state index contributed by atoms with van der Waals surface area (Å²) in [6.45, 7) is 0.755. The maximum absolute atomic E-state index is 13.8. The second-order valence-corrected chi connectivity index (χ2v) is 10.7. The number of ketones is 1. The molecule has 3 N–H and O–H groups in total. The first kappa shape index (κ1) is 26.6. The molecule has 0 bridgehead atoms. The van der Waals surface area contributed by atoms with Crippen LogP contribution in [0.2, 0.25) is 0 Å². The monoisotopic (exact) mass is 533 g/mol. The number of allylic oxidation sites excluding steroid dienone is 4. The maximum Gasteiger partial charge on any atom is 0.573 e. The molecular formula is C27H30F3N3O5. The van der Waals surface area contributed by atoms with E-state index in [1.807, 2.05) is 0 Å². The smallest absolute Gasteiger partial charge is 0.424 e. The molecular weight excluding hydrogens is 503 g/mol. The summed E-state index contributed by atoms with van der Waals surface area (Å²) in [5.74, 6) is -1.12. The van der Waals surface area contributed by atoms with Crippen molar-refractivity contribution in [3.63, 3.8) is 0 Å². The van der Waals surface area contributed by atoms with Gasteiger partial charge in [0.25, 0.3) is 0 Å². The first-order chi connectivity index (χ1) is 18.1. The SMILES string of the molecule is O=CC(=O)OC1=C(Cc2ccc(OC(F)(F)F)cc2)C=CC(=O)C1(CC1CC1)C1CCC2(CC1)CNNN2. The Kier molecular flexibility index (Phi) is 7.19. The van der Waals surface area contributed by atoms with Crippen LogP contribution in [0.25, 0.3) is 0 Å². The van der Waals surface area contributed by atoms with E-state index in [2.05, 4.69) is 21.1 Å². The number of carbonyl (C=O) groups is 3. The van der Waals surface area contributed by atoms with Crippen molar-refractivity contribution in [2.75, 3.05) is 6.54 Å². The van der Waals surface area contributed by atoms with Crippen molar-refractivity contribution < 1.29 is 37.0 Å². The number of carbonyl (C=O) groups excluding carboxylic acids is 3. The predicted molar refractivity (Wildman–Crippen MR) is 129 cm³/mol. The molecule has 1 aromatic rings. The molecule has 8 nitrogen and oxygen atoms in total. The molecule has 11 heteroatoms. The molecule has 0 amide bonds. The van der Waals surface area contributed by atoms with E-state index in [4.69, 9.17) is 4.74 Å². The van der Waals surface area contributed by atoms with Gasteiger partial charge in [-0.25, -0.2) is 15.6 Å². The van der Waals surface area contributed by atoms with Crippen LogP contribution in [0, 0.1) is 17.3 Å². The molecule has 1 heterocycles. The van der Waals surface area contributed by atoms with Crippen LogP contribution >= 0.6 is 0 Å². The van der Waals surface area contributed by atoms with Gasteiger partial charge >= 0.3 is 12.3 Å². The molecule has 204 valence electrons. The van der Waals surface area contributed by atoms with Gasteiger partial charge in [-0.15, -0.1) is 13.2 Å². The van der Waals surface area contributed by atoms with Gasteiger partial charge in [0.1, 0.15) is 11.5 Å². The summed E-state index contributed by atoms with van der Waals surface area (Å²) in [7, 11) is 0. The van der Waals surface area contributed by atoms with E-state index in [0.717, 1.165) is 45.1 Å². The number of alkyl halides is 3. The zero-order valence-electron chi connectivity index (χ0n) is 20.7. The van der Waals surface area contributed by atoms with E-state index in [0.29, 0.717) is 23.5 Å². The van der Waals surface area contributed by atoms with E-state index in [1.54, 1.807) is 6.08 Å². The Morgan fingerprint density at radius 2 is 1.79 bits per heavy atom. The summed E-state index contributed by atoms with van der Waals surface area (Å²) in [6.07, 6.45) is 4.18. The van der Waals surface area contributed by atoms with Crippen LogP contribution in [-0.4, -0.2) is 36.5 Å². The van der Waals surface area contributed by atoms with E-state index in [1.165, 1.54) is 30.3 Å². The minimum Gasteiger partial charge on any atom is -0.424 e. The first-order valence-electron chi connectivity index (χ1n) is 12.9. The highest BCUT2D eigenvalue weighted by Gasteiger charge is 2.56. The molecule has 1 spiro atoms. The van der Waals surface area contributed by atoms with Crippen LogP contribution < -0.4 is 21.1 Å². The van der Waals surface area contributed by atoms with E-state index in [9.17, 15) is 27.6 Å². The molecule has 38 heavy (non-hydrogen) atoms. The van der Waals surface area contributed by atoms with Crippen LogP contribution in [0.15, 0.2) is 47.7 Å². The largest absolute Gasteiger partial charge is 0.573 e. The summed E-state index contributed by atoms with van der Waals surface area (Å²) in [4.78, 5) is 37.5. The van der Waals surface area contributed by atoms with Gasteiger partial charge in [0.15, 0.2) is 5.78 Å². The highest BCUT2D eigenvalue weighted by Crippen LogP contribution is 2.56. The minimum atomic E-state index is -4.80. The zero-order chi connectivity index (χ0) is 27.0. The summed E-state index contributed by atoms with van der Waals surface area (Å²) in [6, 6.07) is 5.42. The fourth-order valence-electron chi connectivity index (χ4n) is 6.17. The number of nitrogens with one attached hydrogen (secondary N) is 3. The Morgan fingerprint density at radius 3 is 2.37 bits per heavy atom. The lowest BCUT2D eigenvalue weighted by atomic mass is 9.58. The molecule has 1 aromatic carbocycles. The molecule has 0 aromatic heterocycles. The van der Waals surface area contributed by atoms with Crippen molar-refractivity contribution in [3.05, 3.63) is 53.3 Å². The summed E-state index contributed by atoms with van der Waals surface area (Å²) in [5, 5.41) is 0. The number of hydrazine groups is 2. The van der Waals surface area contributed by atoms with Crippen molar-refractivity contribution >= 4 is 18.0 Å². The van der Waals surface area contributed by atoms with Crippen LogP contribution in [0.5, 0.6) is 5.75 Å². The molecule has 3 fully saturated rings. The summed E-state index contributed by atoms with van der Waals surface area (Å²) >= 11 is 0. The Balaban J connectivity index is 1.50. The first-order valence-corrected chi connectivity index (χ1v) is 12.9. The Labute approximate surface area is 217 Å². The van der Waals surface area contributed by atoms with Crippen molar-refractivity contribution in [2.45, 2.75) is 63.3 Å².